The lowest BCUT2D eigenvalue weighted by Crippen LogP contribution is -2.46. The summed E-state index contributed by atoms with van der Waals surface area (Å²) in [6, 6.07) is 50.1. The Kier molecular flexibility index (Phi) is 15.8. The summed E-state index contributed by atoms with van der Waals surface area (Å²) in [7, 11) is 1.36. The lowest BCUT2D eigenvalue weighted by molar-refractivity contribution is -0.261. The highest BCUT2D eigenvalue weighted by Crippen LogP contribution is 2.41. The van der Waals surface area contributed by atoms with Crippen molar-refractivity contribution in [1.82, 2.24) is 0 Å². The van der Waals surface area contributed by atoms with Gasteiger partial charge < -0.3 is 33.5 Å². The van der Waals surface area contributed by atoms with E-state index in [4.69, 9.17) is 28.4 Å². The highest BCUT2D eigenvalue weighted by atomic mass is 16.7. The molecule has 8 heteroatoms. The van der Waals surface area contributed by atoms with E-state index in [1.54, 1.807) is 0 Å². The lowest BCUT2D eigenvalue weighted by Gasteiger charge is -2.39. The number of methoxy groups -OCH3 is 1. The van der Waals surface area contributed by atoms with Crippen molar-refractivity contribution in [3.8, 4) is 0 Å². The highest BCUT2D eigenvalue weighted by Gasteiger charge is 2.40. The predicted octanol–water partition coefficient (Wildman–Crippen LogP) is 7.86. The molecule has 2 unspecified atom stereocenters. The number of rotatable bonds is 22. The van der Waals surface area contributed by atoms with Crippen LogP contribution in [0, 0.1) is 0 Å². The monoisotopic (exact) mass is 718 g/mol. The van der Waals surface area contributed by atoms with Gasteiger partial charge in [-0.25, -0.2) is 0 Å². The number of carbonyl (C=O) groups excluding carboxylic acids is 1. The van der Waals surface area contributed by atoms with E-state index in [0.29, 0.717) is 13.0 Å². The second kappa shape index (κ2) is 21.1. The van der Waals surface area contributed by atoms with Gasteiger partial charge in [0.2, 0.25) is 0 Å². The van der Waals surface area contributed by atoms with Gasteiger partial charge in [0.05, 0.1) is 46.2 Å². The van der Waals surface area contributed by atoms with Crippen molar-refractivity contribution in [3.63, 3.8) is 0 Å². The standard InChI is InChI=1S/C45H50O8/c1-35(50-32-36-19-8-3-9-20-36)42(53-44(49-30-18-29-43(47)48-2)41(31-46)51-33-37-21-10-4-11-22-37)34-52-45(38-23-12-5-13-24-38,39-25-14-6-15-26-39)40-27-16-7-17-28-40/h3-17,19-28,35,41-42,44,46H,18,29-34H2,1-2H3/t35-,41+,42?,44?/m0/s1. The van der Waals surface area contributed by atoms with Crippen LogP contribution < -0.4 is 0 Å². The van der Waals surface area contributed by atoms with E-state index in [0.717, 1.165) is 27.8 Å². The van der Waals surface area contributed by atoms with Crippen LogP contribution in [0.5, 0.6) is 0 Å². The van der Waals surface area contributed by atoms with Crippen molar-refractivity contribution in [2.24, 2.45) is 0 Å². The zero-order valence-corrected chi connectivity index (χ0v) is 30.5. The summed E-state index contributed by atoms with van der Waals surface area (Å²) in [6.45, 7) is 2.40. The van der Waals surface area contributed by atoms with Crippen LogP contribution in [-0.2, 0) is 52.0 Å². The lowest BCUT2D eigenvalue weighted by atomic mass is 9.80. The van der Waals surface area contributed by atoms with E-state index < -0.39 is 30.2 Å². The van der Waals surface area contributed by atoms with Crippen LogP contribution in [0.25, 0.3) is 0 Å². The van der Waals surface area contributed by atoms with Gasteiger partial charge in [0.15, 0.2) is 6.29 Å². The van der Waals surface area contributed by atoms with E-state index in [1.807, 2.05) is 122 Å². The quantitative estimate of drug-likeness (QED) is 0.0335. The van der Waals surface area contributed by atoms with Gasteiger partial charge in [-0.1, -0.05) is 152 Å². The molecular weight excluding hydrogens is 668 g/mol. The molecule has 0 fully saturated rings. The molecule has 1 N–H and O–H groups in total. The molecule has 278 valence electrons. The van der Waals surface area contributed by atoms with Crippen LogP contribution >= 0.6 is 0 Å². The molecule has 4 atom stereocenters. The second-order valence-electron chi connectivity index (χ2n) is 12.7. The van der Waals surface area contributed by atoms with Crippen LogP contribution in [0.3, 0.4) is 0 Å². The smallest absolute Gasteiger partial charge is 0.305 e. The van der Waals surface area contributed by atoms with Crippen LogP contribution in [0.4, 0.5) is 0 Å². The highest BCUT2D eigenvalue weighted by molar-refractivity contribution is 5.69. The van der Waals surface area contributed by atoms with Gasteiger partial charge in [0.25, 0.3) is 0 Å². The van der Waals surface area contributed by atoms with Gasteiger partial charge in [-0.05, 0) is 41.2 Å². The zero-order valence-electron chi connectivity index (χ0n) is 30.5. The third-order valence-electron chi connectivity index (χ3n) is 9.02. The third-order valence-corrected chi connectivity index (χ3v) is 9.02. The first-order valence-corrected chi connectivity index (χ1v) is 18.1. The molecule has 0 spiro atoms. The second-order valence-corrected chi connectivity index (χ2v) is 12.7. The Morgan fingerprint density at radius 1 is 0.623 bits per heavy atom. The maximum Gasteiger partial charge on any atom is 0.305 e. The van der Waals surface area contributed by atoms with E-state index in [2.05, 4.69) is 36.4 Å². The molecule has 0 aromatic heterocycles. The molecule has 0 aliphatic heterocycles. The fraction of sp³-hybridized carbons (Fsp3) is 0.311. The molecule has 0 amide bonds. The Morgan fingerprint density at radius 3 is 1.53 bits per heavy atom. The van der Waals surface area contributed by atoms with Crippen LogP contribution in [0.2, 0.25) is 0 Å². The molecule has 0 aliphatic carbocycles. The van der Waals surface area contributed by atoms with E-state index in [1.165, 1.54) is 7.11 Å². The summed E-state index contributed by atoms with van der Waals surface area (Å²) < 4.78 is 37.8. The molecule has 0 saturated heterocycles. The van der Waals surface area contributed by atoms with E-state index in [9.17, 15) is 9.90 Å². The number of hydrogen-bond donors (Lipinski definition) is 1. The van der Waals surface area contributed by atoms with Crippen molar-refractivity contribution in [3.05, 3.63) is 179 Å². The Hall–Kier alpha value is -4.67. The molecule has 53 heavy (non-hydrogen) atoms. The molecule has 8 nitrogen and oxygen atoms in total. The van der Waals surface area contributed by atoms with Gasteiger partial charge in [-0.15, -0.1) is 0 Å². The van der Waals surface area contributed by atoms with Crippen molar-refractivity contribution in [1.29, 1.82) is 0 Å². The SMILES string of the molecule is COC(=O)CCCOC(OC(COC(c1ccccc1)(c1ccccc1)c1ccccc1)[C@H](C)OCc1ccccc1)[C@@H](CO)OCc1ccccc1. The van der Waals surface area contributed by atoms with Crippen LogP contribution in [0.1, 0.15) is 47.6 Å². The maximum absolute atomic E-state index is 11.9. The summed E-state index contributed by atoms with van der Waals surface area (Å²) in [6.07, 6.45) is -2.52. The number of aliphatic hydroxyl groups excluding tert-OH is 1. The minimum absolute atomic E-state index is 0.0769. The van der Waals surface area contributed by atoms with E-state index in [-0.39, 0.29) is 38.8 Å². The first-order chi connectivity index (χ1) is 26.0. The topological polar surface area (TPSA) is 92.7 Å². The number of benzene rings is 5. The molecule has 0 saturated carbocycles. The number of carbonyl (C=O) groups is 1. The normalized spacial score (nSPS) is 13.9. The fourth-order valence-electron chi connectivity index (χ4n) is 6.09. The summed E-state index contributed by atoms with van der Waals surface area (Å²) in [5.74, 6) is -0.335. The Balaban J connectivity index is 1.48. The number of aliphatic hydroxyl groups is 1. The van der Waals surface area contributed by atoms with E-state index >= 15 is 0 Å². The van der Waals surface area contributed by atoms with Crippen LogP contribution in [-0.4, -0.2) is 62.6 Å². The Morgan fingerprint density at radius 2 is 1.08 bits per heavy atom. The van der Waals surface area contributed by atoms with Crippen molar-refractivity contribution in [2.45, 2.75) is 63.2 Å². The van der Waals surface area contributed by atoms with Crippen LogP contribution in [0.15, 0.2) is 152 Å². The molecule has 0 bridgehead atoms. The van der Waals surface area contributed by atoms with Crippen molar-refractivity contribution < 1.29 is 38.3 Å². The Bertz CT molecular complexity index is 1630. The molecular formula is C45H50O8. The molecule has 5 aromatic rings. The zero-order chi connectivity index (χ0) is 37.1. The van der Waals surface area contributed by atoms with Gasteiger partial charge in [0.1, 0.15) is 17.8 Å². The van der Waals surface area contributed by atoms with Gasteiger partial charge in [-0.2, -0.15) is 0 Å². The summed E-state index contributed by atoms with van der Waals surface area (Å²) in [4.78, 5) is 11.9. The first-order valence-electron chi connectivity index (χ1n) is 18.1. The molecule has 5 aromatic carbocycles. The number of ether oxygens (including phenoxy) is 6. The first kappa shape index (κ1) is 39.5. The van der Waals surface area contributed by atoms with Gasteiger partial charge >= 0.3 is 5.97 Å². The predicted molar refractivity (Wildman–Crippen MR) is 204 cm³/mol. The number of hydrogen-bond acceptors (Lipinski definition) is 8. The van der Waals surface area contributed by atoms with Crippen molar-refractivity contribution in [2.75, 3.05) is 26.9 Å². The average molecular weight is 719 g/mol. The molecule has 0 radical (unpaired) electrons. The molecule has 5 rings (SSSR count). The molecule has 0 aliphatic rings. The maximum atomic E-state index is 11.9. The number of esters is 1. The third kappa shape index (κ3) is 11.4. The molecule has 0 heterocycles. The summed E-state index contributed by atoms with van der Waals surface area (Å²) >= 11 is 0. The minimum Gasteiger partial charge on any atom is -0.469 e. The average Bonchev–Trinajstić information content (AvgIpc) is 3.23. The summed E-state index contributed by atoms with van der Waals surface area (Å²) in [5, 5.41) is 10.6. The van der Waals surface area contributed by atoms with Gasteiger partial charge in [0, 0.05) is 6.42 Å². The largest absolute Gasteiger partial charge is 0.469 e. The van der Waals surface area contributed by atoms with Gasteiger partial charge in [-0.3, -0.25) is 4.79 Å². The fourth-order valence-corrected chi connectivity index (χ4v) is 6.09. The minimum atomic E-state index is -1.03. The van der Waals surface area contributed by atoms with Crippen molar-refractivity contribution >= 4 is 5.97 Å². The Labute approximate surface area is 313 Å². The summed E-state index contributed by atoms with van der Waals surface area (Å²) in [5.41, 5.74) is 3.79.